The van der Waals surface area contributed by atoms with Crippen LogP contribution >= 0.6 is 0 Å². The first-order valence-electron chi connectivity index (χ1n) is 6.22. The highest BCUT2D eigenvalue weighted by Gasteiger charge is 2.24. The highest BCUT2D eigenvalue weighted by Crippen LogP contribution is 2.07. The standard InChI is InChI=1S/C13H23NO5/c1-5-18-11(16)10(8-6-7-9-15)14-12(17)19-13(2,3)4/h6-7,10,15H,5,8-9H2,1-4H3,(H,14,17)/b7-6-. The monoisotopic (exact) mass is 273 g/mol. The van der Waals surface area contributed by atoms with Crippen molar-refractivity contribution in [3.63, 3.8) is 0 Å². The Morgan fingerprint density at radius 3 is 2.42 bits per heavy atom. The molecule has 0 fully saturated rings. The number of aliphatic hydroxyl groups is 1. The molecule has 0 spiro atoms. The predicted octanol–water partition coefficient (Wildman–Crippen LogP) is 1.38. The van der Waals surface area contributed by atoms with Crippen molar-refractivity contribution in [3.8, 4) is 0 Å². The van der Waals surface area contributed by atoms with Crippen LogP contribution in [0.25, 0.3) is 0 Å². The molecule has 1 unspecified atom stereocenters. The molecule has 1 amide bonds. The Kier molecular flexibility index (Phi) is 7.83. The molecule has 2 N–H and O–H groups in total. The summed E-state index contributed by atoms with van der Waals surface area (Å²) in [6, 6.07) is -0.822. The summed E-state index contributed by atoms with van der Waals surface area (Å²) in [4.78, 5) is 23.2. The van der Waals surface area contributed by atoms with Gasteiger partial charge in [0, 0.05) is 0 Å². The van der Waals surface area contributed by atoms with Gasteiger partial charge in [-0.15, -0.1) is 0 Å². The summed E-state index contributed by atoms with van der Waals surface area (Å²) in [5.41, 5.74) is -0.635. The van der Waals surface area contributed by atoms with Crippen molar-refractivity contribution in [2.75, 3.05) is 13.2 Å². The average Bonchev–Trinajstić information content (AvgIpc) is 2.25. The van der Waals surface area contributed by atoms with Crippen molar-refractivity contribution in [2.24, 2.45) is 0 Å². The Morgan fingerprint density at radius 1 is 1.32 bits per heavy atom. The SMILES string of the molecule is CCOC(=O)C(C/C=C\CO)NC(=O)OC(C)(C)C. The van der Waals surface area contributed by atoms with Crippen LogP contribution in [0.5, 0.6) is 0 Å². The van der Waals surface area contributed by atoms with Crippen LogP contribution in [0, 0.1) is 0 Å². The summed E-state index contributed by atoms with van der Waals surface area (Å²) in [5.74, 6) is -0.532. The molecule has 1 atom stereocenters. The Balaban J connectivity index is 4.52. The third-order valence-corrected chi connectivity index (χ3v) is 1.91. The van der Waals surface area contributed by atoms with Crippen LogP contribution in [0.2, 0.25) is 0 Å². The number of hydrogen-bond acceptors (Lipinski definition) is 5. The number of carbonyl (C=O) groups is 2. The molecule has 0 aliphatic rings. The normalized spacial score (nSPS) is 13.1. The lowest BCUT2D eigenvalue weighted by atomic mass is 10.2. The summed E-state index contributed by atoms with van der Waals surface area (Å²) in [6.45, 7) is 7.00. The minimum Gasteiger partial charge on any atom is -0.464 e. The first-order chi connectivity index (χ1) is 8.80. The van der Waals surface area contributed by atoms with Crippen LogP contribution in [-0.2, 0) is 14.3 Å². The fraction of sp³-hybridized carbons (Fsp3) is 0.692. The molecule has 0 aromatic rings. The highest BCUT2D eigenvalue weighted by molar-refractivity contribution is 5.81. The molecular weight excluding hydrogens is 250 g/mol. The second-order valence-electron chi connectivity index (χ2n) is 4.84. The van der Waals surface area contributed by atoms with Gasteiger partial charge >= 0.3 is 12.1 Å². The van der Waals surface area contributed by atoms with Gasteiger partial charge in [-0.1, -0.05) is 12.2 Å². The topological polar surface area (TPSA) is 84.9 Å². The van der Waals surface area contributed by atoms with Crippen LogP contribution in [0.1, 0.15) is 34.1 Å². The molecule has 6 heteroatoms. The van der Waals surface area contributed by atoms with E-state index in [2.05, 4.69) is 5.32 Å². The van der Waals surface area contributed by atoms with Crippen molar-refractivity contribution < 1.29 is 24.2 Å². The highest BCUT2D eigenvalue weighted by atomic mass is 16.6. The summed E-state index contributed by atoms with van der Waals surface area (Å²) in [5, 5.41) is 11.1. The van der Waals surface area contributed by atoms with E-state index in [4.69, 9.17) is 14.6 Å². The van der Waals surface area contributed by atoms with Crippen molar-refractivity contribution in [2.45, 2.75) is 45.8 Å². The zero-order valence-electron chi connectivity index (χ0n) is 11.9. The molecule has 0 aromatic heterocycles. The summed E-state index contributed by atoms with van der Waals surface area (Å²) in [6.07, 6.45) is 2.64. The van der Waals surface area contributed by atoms with E-state index in [0.29, 0.717) is 0 Å². The second kappa shape index (κ2) is 8.53. The van der Waals surface area contributed by atoms with Crippen molar-refractivity contribution in [1.29, 1.82) is 0 Å². The van der Waals surface area contributed by atoms with Gasteiger partial charge in [-0.25, -0.2) is 9.59 Å². The Labute approximate surface area is 113 Å². The molecule has 6 nitrogen and oxygen atoms in total. The second-order valence-corrected chi connectivity index (χ2v) is 4.84. The van der Waals surface area contributed by atoms with E-state index < -0.39 is 23.7 Å². The molecule has 0 aliphatic carbocycles. The first kappa shape index (κ1) is 17.4. The molecule has 0 aromatic carbocycles. The molecule has 0 bridgehead atoms. The van der Waals surface area contributed by atoms with Gasteiger partial charge in [0.05, 0.1) is 13.2 Å². The van der Waals surface area contributed by atoms with E-state index in [-0.39, 0.29) is 19.6 Å². The van der Waals surface area contributed by atoms with Gasteiger partial charge in [-0.3, -0.25) is 0 Å². The first-order valence-corrected chi connectivity index (χ1v) is 6.22. The molecule has 0 radical (unpaired) electrons. The lowest BCUT2D eigenvalue weighted by Crippen LogP contribution is -2.44. The molecule has 0 rings (SSSR count). The van der Waals surface area contributed by atoms with Gasteiger partial charge in [0.25, 0.3) is 0 Å². The molecule has 0 saturated heterocycles. The van der Waals surface area contributed by atoms with Gasteiger partial charge in [0.1, 0.15) is 11.6 Å². The molecule has 0 aliphatic heterocycles. The Hall–Kier alpha value is -1.56. The number of nitrogens with one attached hydrogen (secondary N) is 1. The van der Waals surface area contributed by atoms with Crippen LogP contribution < -0.4 is 5.32 Å². The fourth-order valence-corrected chi connectivity index (χ4v) is 1.21. The van der Waals surface area contributed by atoms with E-state index in [1.807, 2.05) is 0 Å². The zero-order chi connectivity index (χ0) is 14.9. The van der Waals surface area contributed by atoms with Crippen LogP contribution in [0.4, 0.5) is 4.79 Å². The van der Waals surface area contributed by atoms with Gasteiger partial charge in [-0.2, -0.15) is 0 Å². The number of esters is 1. The predicted molar refractivity (Wildman–Crippen MR) is 70.6 cm³/mol. The maximum Gasteiger partial charge on any atom is 0.408 e. The summed E-state index contributed by atoms with van der Waals surface area (Å²) < 4.78 is 9.93. The van der Waals surface area contributed by atoms with Crippen molar-refractivity contribution in [3.05, 3.63) is 12.2 Å². The van der Waals surface area contributed by atoms with Gasteiger partial charge < -0.3 is 19.9 Å². The number of rotatable bonds is 6. The van der Waals surface area contributed by atoms with Crippen molar-refractivity contribution in [1.82, 2.24) is 5.32 Å². The van der Waals surface area contributed by atoms with E-state index in [9.17, 15) is 9.59 Å². The van der Waals surface area contributed by atoms with E-state index in [1.165, 1.54) is 6.08 Å². The smallest absolute Gasteiger partial charge is 0.408 e. The van der Waals surface area contributed by atoms with Crippen LogP contribution in [-0.4, -0.2) is 42.0 Å². The number of hydrogen-bond donors (Lipinski definition) is 2. The molecule has 0 saturated carbocycles. The minimum absolute atomic E-state index is 0.123. The Bertz CT molecular complexity index is 319. The van der Waals surface area contributed by atoms with Gasteiger partial charge in [0.2, 0.25) is 0 Å². The lowest BCUT2D eigenvalue weighted by Gasteiger charge is -2.22. The largest absolute Gasteiger partial charge is 0.464 e. The van der Waals surface area contributed by atoms with E-state index in [0.717, 1.165) is 0 Å². The van der Waals surface area contributed by atoms with Crippen LogP contribution in [0.15, 0.2) is 12.2 Å². The lowest BCUT2D eigenvalue weighted by molar-refractivity contribution is -0.145. The van der Waals surface area contributed by atoms with Crippen molar-refractivity contribution >= 4 is 12.1 Å². The molecular formula is C13H23NO5. The molecule has 19 heavy (non-hydrogen) atoms. The molecule has 0 heterocycles. The number of aliphatic hydroxyl groups excluding tert-OH is 1. The Morgan fingerprint density at radius 2 is 1.95 bits per heavy atom. The van der Waals surface area contributed by atoms with Crippen LogP contribution in [0.3, 0.4) is 0 Å². The summed E-state index contributed by atoms with van der Waals surface area (Å²) in [7, 11) is 0. The number of carbonyl (C=O) groups excluding carboxylic acids is 2. The number of alkyl carbamates (subject to hydrolysis) is 1. The maximum atomic E-state index is 11.6. The quantitative estimate of drug-likeness (QED) is 0.564. The third-order valence-electron chi connectivity index (χ3n) is 1.91. The zero-order valence-corrected chi connectivity index (χ0v) is 11.9. The number of ether oxygens (including phenoxy) is 2. The van der Waals surface area contributed by atoms with E-state index >= 15 is 0 Å². The average molecular weight is 273 g/mol. The van der Waals surface area contributed by atoms with Gasteiger partial charge in [0.15, 0.2) is 0 Å². The summed E-state index contributed by atoms with van der Waals surface area (Å²) >= 11 is 0. The van der Waals surface area contributed by atoms with E-state index in [1.54, 1.807) is 33.8 Å². The third kappa shape index (κ3) is 9.07. The maximum absolute atomic E-state index is 11.6. The van der Waals surface area contributed by atoms with Gasteiger partial charge in [-0.05, 0) is 34.1 Å². The molecule has 110 valence electrons. The fourth-order valence-electron chi connectivity index (χ4n) is 1.21. The minimum atomic E-state index is -0.822. The number of amides is 1.